The number of benzene rings is 1. The van der Waals surface area contributed by atoms with Gasteiger partial charge in [-0.2, -0.15) is 0 Å². The van der Waals surface area contributed by atoms with Gasteiger partial charge in [0.2, 0.25) is 6.79 Å². The van der Waals surface area contributed by atoms with Gasteiger partial charge < -0.3 is 15.2 Å². The molecule has 0 bridgehead atoms. The zero-order valence-electron chi connectivity index (χ0n) is 10.1. The van der Waals surface area contributed by atoms with Crippen molar-refractivity contribution < 1.29 is 9.47 Å². The Kier molecular flexibility index (Phi) is 5.59. The molecule has 2 N–H and O–H groups in total. The molecular weight excluding hydrogens is 238 g/mol. The van der Waals surface area contributed by atoms with E-state index in [1.54, 1.807) is 0 Å². The Balaban J connectivity index is 0.00000144. The maximum Gasteiger partial charge on any atom is 0.231 e. The summed E-state index contributed by atoms with van der Waals surface area (Å²) in [5, 5.41) is 0. The monoisotopic (exact) mass is 257 g/mol. The summed E-state index contributed by atoms with van der Waals surface area (Å²) < 4.78 is 10.6. The molecule has 17 heavy (non-hydrogen) atoms. The van der Waals surface area contributed by atoms with Crippen molar-refractivity contribution in [3.05, 3.63) is 23.8 Å². The van der Waals surface area contributed by atoms with E-state index in [1.165, 1.54) is 19.3 Å². The first-order chi connectivity index (χ1) is 7.81. The van der Waals surface area contributed by atoms with Gasteiger partial charge in [0.05, 0.1) is 0 Å². The second-order valence-electron chi connectivity index (χ2n) is 4.21. The van der Waals surface area contributed by atoms with Gasteiger partial charge in [-0.25, -0.2) is 0 Å². The Bertz CT molecular complexity index is 357. The van der Waals surface area contributed by atoms with Gasteiger partial charge in [-0.3, -0.25) is 0 Å². The van der Waals surface area contributed by atoms with Crippen LogP contribution in [-0.2, 0) is 0 Å². The van der Waals surface area contributed by atoms with E-state index in [0.717, 1.165) is 23.5 Å². The van der Waals surface area contributed by atoms with Gasteiger partial charge in [0.1, 0.15) is 0 Å². The summed E-state index contributed by atoms with van der Waals surface area (Å²) in [6, 6.07) is 6.08. The second kappa shape index (κ2) is 6.72. The summed E-state index contributed by atoms with van der Waals surface area (Å²) in [6.45, 7) is 2.52. The third-order valence-corrected chi connectivity index (χ3v) is 2.94. The molecule has 1 heterocycles. The first-order valence-corrected chi connectivity index (χ1v) is 5.96. The topological polar surface area (TPSA) is 44.5 Å². The summed E-state index contributed by atoms with van der Waals surface area (Å²) >= 11 is 0. The van der Waals surface area contributed by atoms with E-state index < -0.39 is 0 Å². The molecule has 2 rings (SSSR count). The molecule has 0 amide bonds. The molecule has 0 saturated heterocycles. The molecule has 0 spiro atoms. The van der Waals surface area contributed by atoms with Crippen molar-refractivity contribution >= 4 is 12.4 Å². The Hall–Kier alpha value is -0.930. The highest BCUT2D eigenvalue weighted by atomic mass is 35.5. The van der Waals surface area contributed by atoms with Crippen LogP contribution in [0.2, 0.25) is 0 Å². The standard InChI is InChI=1S/C13H19NO2.ClH/c1-2-3-4-5-11(14)10-6-7-12-13(8-10)16-9-15-12;/h6-8,11H,2-5,9,14H2,1H3;1H/t11-;/m0./s1. The van der Waals surface area contributed by atoms with Crippen LogP contribution >= 0.6 is 12.4 Å². The lowest BCUT2D eigenvalue weighted by atomic mass is 10.0. The van der Waals surface area contributed by atoms with Crippen molar-refractivity contribution in [1.82, 2.24) is 0 Å². The number of hydrogen-bond donors (Lipinski definition) is 1. The van der Waals surface area contributed by atoms with Crippen LogP contribution in [0.4, 0.5) is 0 Å². The lowest BCUT2D eigenvalue weighted by molar-refractivity contribution is 0.174. The van der Waals surface area contributed by atoms with E-state index in [0.29, 0.717) is 6.79 Å². The van der Waals surface area contributed by atoms with Crippen molar-refractivity contribution in [2.24, 2.45) is 5.73 Å². The normalized spacial score (nSPS) is 14.2. The van der Waals surface area contributed by atoms with Gasteiger partial charge in [0, 0.05) is 6.04 Å². The highest BCUT2D eigenvalue weighted by molar-refractivity contribution is 5.85. The van der Waals surface area contributed by atoms with Gasteiger partial charge >= 0.3 is 0 Å². The first kappa shape index (κ1) is 14.1. The van der Waals surface area contributed by atoms with Gasteiger partial charge in [-0.1, -0.05) is 32.3 Å². The molecule has 0 fully saturated rings. The molecule has 1 aromatic carbocycles. The van der Waals surface area contributed by atoms with E-state index in [1.807, 2.05) is 18.2 Å². The molecule has 0 aliphatic carbocycles. The summed E-state index contributed by atoms with van der Waals surface area (Å²) in [5.74, 6) is 1.65. The van der Waals surface area contributed by atoms with Gasteiger partial charge in [0.25, 0.3) is 0 Å². The van der Waals surface area contributed by atoms with Crippen LogP contribution in [0, 0.1) is 0 Å². The van der Waals surface area contributed by atoms with E-state index in [-0.39, 0.29) is 18.4 Å². The number of halogens is 1. The van der Waals surface area contributed by atoms with E-state index in [4.69, 9.17) is 15.2 Å². The number of fused-ring (bicyclic) bond motifs is 1. The van der Waals surface area contributed by atoms with Crippen molar-refractivity contribution in [2.45, 2.75) is 38.6 Å². The number of nitrogens with two attached hydrogens (primary N) is 1. The lowest BCUT2D eigenvalue weighted by Crippen LogP contribution is -2.09. The molecule has 0 radical (unpaired) electrons. The van der Waals surface area contributed by atoms with Crippen LogP contribution in [0.3, 0.4) is 0 Å². The average Bonchev–Trinajstić information content (AvgIpc) is 2.76. The van der Waals surface area contributed by atoms with Gasteiger partial charge in [-0.05, 0) is 24.1 Å². The molecule has 96 valence electrons. The summed E-state index contributed by atoms with van der Waals surface area (Å²) in [5.41, 5.74) is 7.27. The van der Waals surface area contributed by atoms with Crippen LogP contribution in [0.1, 0.15) is 44.2 Å². The lowest BCUT2D eigenvalue weighted by Gasteiger charge is -2.12. The molecule has 1 aliphatic heterocycles. The molecule has 0 saturated carbocycles. The van der Waals surface area contributed by atoms with Gasteiger partial charge in [-0.15, -0.1) is 12.4 Å². The number of ether oxygens (including phenoxy) is 2. The summed E-state index contributed by atoms with van der Waals surface area (Å²) in [7, 11) is 0. The van der Waals surface area contributed by atoms with E-state index >= 15 is 0 Å². The van der Waals surface area contributed by atoms with E-state index in [9.17, 15) is 0 Å². The SMILES string of the molecule is CCCCC[C@H](N)c1ccc2c(c1)OCO2.Cl. The predicted octanol–water partition coefficient (Wildman–Crippen LogP) is 3.42. The molecule has 4 heteroatoms. The molecular formula is C13H20ClNO2. The van der Waals surface area contributed by atoms with Crippen LogP contribution in [0.25, 0.3) is 0 Å². The Morgan fingerprint density at radius 2 is 2.00 bits per heavy atom. The van der Waals surface area contributed by atoms with Crippen molar-refractivity contribution in [2.75, 3.05) is 6.79 Å². The fourth-order valence-corrected chi connectivity index (χ4v) is 1.92. The molecule has 1 aliphatic rings. The average molecular weight is 258 g/mol. The number of hydrogen-bond acceptors (Lipinski definition) is 3. The molecule has 3 nitrogen and oxygen atoms in total. The molecule has 0 unspecified atom stereocenters. The molecule has 1 aromatic rings. The van der Waals surface area contributed by atoms with Crippen LogP contribution in [0.15, 0.2) is 18.2 Å². The van der Waals surface area contributed by atoms with Gasteiger partial charge in [0.15, 0.2) is 11.5 Å². The highest BCUT2D eigenvalue weighted by Crippen LogP contribution is 2.34. The molecule has 1 atom stereocenters. The first-order valence-electron chi connectivity index (χ1n) is 5.96. The van der Waals surface area contributed by atoms with Crippen molar-refractivity contribution in [1.29, 1.82) is 0 Å². The maximum atomic E-state index is 6.13. The zero-order chi connectivity index (χ0) is 11.4. The summed E-state index contributed by atoms with van der Waals surface area (Å²) in [6.07, 6.45) is 4.70. The third kappa shape index (κ3) is 3.51. The smallest absolute Gasteiger partial charge is 0.231 e. The van der Waals surface area contributed by atoms with Crippen molar-refractivity contribution in [3.63, 3.8) is 0 Å². The van der Waals surface area contributed by atoms with E-state index in [2.05, 4.69) is 6.92 Å². The zero-order valence-corrected chi connectivity index (χ0v) is 11.0. The largest absolute Gasteiger partial charge is 0.454 e. The van der Waals surface area contributed by atoms with Crippen LogP contribution < -0.4 is 15.2 Å². The Morgan fingerprint density at radius 3 is 2.76 bits per heavy atom. The van der Waals surface area contributed by atoms with Crippen LogP contribution in [-0.4, -0.2) is 6.79 Å². The quantitative estimate of drug-likeness (QED) is 0.822. The third-order valence-electron chi connectivity index (χ3n) is 2.94. The fraction of sp³-hybridized carbons (Fsp3) is 0.538. The molecule has 0 aromatic heterocycles. The predicted molar refractivity (Wildman–Crippen MR) is 70.9 cm³/mol. The van der Waals surface area contributed by atoms with Crippen LogP contribution in [0.5, 0.6) is 11.5 Å². The number of unbranched alkanes of at least 4 members (excludes halogenated alkanes) is 2. The Morgan fingerprint density at radius 1 is 1.24 bits per heavy atom. The maximum absolute atomic E-state index is 6.13. The Labute approximate surface area is 109 Å². The van der Waals surface area contributed by atoms with Crippen molar-refractivity contribution in [3.8, 4) is 11.5 Å². The second-order valence-corrected chi connectivity index (χ2v) is 4.21. The highest BCUT2D eigenvalue weighted by Gasteiger charge is 2.15. The summed E-state index contributed by atoms with van der Waals surface area (Å²) in [4.78, 5) is 0. The minimum absolute atomic E-state index is 0. The fourth-order valence-electron chi connectivity index (χ4n) is 1.92. The minimum atomic E-state index is 0. The minimum Gasteiger partial charge on any atom is -0.454 e. The number of rotatable bonds is 5.